The second-order valence-corrected chi connectivity index (χ2v) is 9.41. The number of benzene rings is 2. The van der Waals surface area contributed by atoms with E-state index in [4.69, 9.17) is 9.47 Å². The number of hydrogen-bond donors (Lipinski definition) is 0. The number of aryl methyl sites for hydroxylation is 2. The predicted molar refractivity (Wildman–Crippen MR) is 114 cm³/mol. The molecular weight excluding hydrogens is 388 g/mol. The fraction of sp³-hybridized carbons (Fsp3) is 0.455. The number of sulfonamides is 1. The van der Waals surface area contributed by atoms with E-state index in [-0.39, 0.29) is 0 Å². The van der Waals surface area contributed by atoms with Crippen molar-refractivity contribution in [2.75, 3.05) is 40.4 Å². The first-order valence-electron chi connectivity index (χ1n) is 9.86. The van der Waals surface area contributed by atoms with E-state index >= 15 is 0 Å². The van der Waals surface area contributed by atoms with E-state index in [0.29, 0.717) is 24.5 Å². The second kappa shape index (κ2) is 9.15. The van der Waals surface area contributed by atoms with Crippen LogP contribution in [0.4, 0.5) is 0 Å². The Kier molecular flexibility index (Phi) is 6.82. The first kappa shape index (κ1) is 21.6. The van der Waals surface area contributed by atoms with Crippen LogP contribution in [0.2, 0.25) is 0 Å². The van der Waals surface area contributed by atoms with E-state index in [1.165, 1.54) is 5.56 Å². The molecule has 0 atom stereocenters. The molecule has 0 N–H and O–H groups in total. The average molecular weight is 419 g/mol. The Morgan fingerprint density at radius 1 is 0.897 bits per heavy atom. The zero-order valence-electron chi connectivity index (χ0n) is 17.6. The molecule has 0 radical (unpaired) electrons. The zero-order valence-corrected chi connectivity index (χ0v) is 18.5. The Hall–Kier alpha value is -2.09. The lowest BCUT2D eigenvalue weighted by Crippen LogP contribution is -2.35. The van der Waals surface area contributed by atoms with Gasteiger partial charge in [0.05, 0.1) is 19.1 Å². The minimum absolute atomic E-state index is 0.344. The van der Waals surface area contributed by atoms with Gasteiger partial charge in [0.1, 0.15) is 11.5 Å². The van der Waals surface area contributed by atoms with E-state index in [1.54, 1.807) is 30.7 Å². The van der Waals surface area contributed by atoms with Gasteiger partial charge in [0.2, 0.25) is 10.0 Å². The van der Waals surface area contributed by atoms with Crippen LogP contribution in [0, 0.1) is 13.8 Å². The van der Waals surface area contributed by atoms with Crippen LogP contribution in [-0.4, -0.2) is 58.0 Å². The minimum Gasteiger partial charge on any atom is -0.497 e. The summed E-state index contributed by atoms with van der Waals surface area (Å²) in [7, 11) is -0.262. The number of ether oxygens (including phenoxy) is 2. The smallest absolute Gasteiger partial charge is 0.243 e. The SMILES string of the molecule is COc1ccc(CN2CCCN(S(=O)(=O)c3cc(C)c(OC)c(C)c3)CC2)cc1. The Morgan fingerprint density at radius 3 is 2.14 bits per heavy atom. The summed E-state index contributed by atoms with van der Waals surface area (Å²) < 4.78 is 38.7. The van der Waals surface area contributed by atoms with Crippen molar-refractivity contribution in [1.29, 1.82) is 0 Å². The molecule has 0 unspecified atom stereocenters. The summed E-state index contributed by atoms with van der Waals surface area (Å²) in [6, 6.07) is 11.4. The lowest BCUT2D eigenvalue weighted by molar-refractivity contribution is 0.278. The Morgan fingerprint density at radius 2 is 1.55 bits per heavy atom. The third kappa shape index (κ3) is 4.91. The van der Waals surface area contributed by atoms with Crippen LogP contribution in [0.1, 0.15) is 23.1 Å². The molecule has 0 aliphatic carbocycles. The van der Waals surface area contributed by atoms with E-state index in [1.807, 2.05) is 26.0 Å². The Balaban J connectivity index is 1.71. The Labute approximate surface area is 174 Å². The third-order valence-corrected chi connectivity index (χ3v) is 7.26. The predicted octanol–water partition coefficient (Wildman–Crippen LogP) is 3.22. The molecule has 158 valence electrons. The molecule has 1 fully saturated rings. The largest absolute Gasteiger partial charge is 0.497 e. The molecule has 2 aromatic rings. The van der Waals surface area contributed by atoms with Gasteiger partial charge >= 0.3 is 0 Å². The number of methoxy groups -OCH3 is 2. The normalized spacial score (nSPS) is 16.4. The molecule has 0 amide bonds. The molecule has 0 bridgehead atoms. The molecule has 3 rings (SSSR count). The number of nitrogens with zero attached hydrogens (tertiary/aromatic N) is 2. The van der Waals surface area contributed by atoms with Crippen LogP contribution in [0.5, 0.6) is 11.5 Å². The van der Waals surface area contributed by atoms with Crippen LogP contribution in [0.3, 0.4) is 0 Å². The maximum Gasteiger partial charge on any atom is 0.243 e. The van der Waals surface area contributed by atoms with Gasteiger partial charge < -0.3 is 9.47 Å². The van der Waals surface area contributed by atoms with Crippen LogP contribution >= 0.6 is 0 Å². The maximum absolute atomic E-state index is 13.2. The van der Waals surface area contributed by atoms with Crippen LogP contribution in [0.15, 0.2) is 41.3 Å². The van der Waals surface area contributed by atoms with Crippen LogP contribution < -0.4 is 9.47 Å². The van der Waals surface area contributed by atoms with Gasteiger partial charge in [0.15, 0.2) is 0 Å². The van der Waals surface area contributed by atoms with E-state index in [9.17, 15) is 8.42 Å². The molecule has 0 saturated carbocycles. The van der Waals surface area contributed by atoms with Crippen LogP contribution in [-0.2, 0) is 16.6 Å². The van der Waals surface area contributed by atoms with Crippen molar-refractivity contribution in [3.8, 4) is 11.5 Å². The molecular formula is C22H30N2O4S. The monoisotopic (exact) mass is 418 g/mol. The molecule has 7 heteroatoms. The van der Waals surface area contributed by atoms with Gasteiger partial charge in [-0.25, -0.2) is 8.42 Å². The maximum atomic E-state index is 13.2. The van der Waals surface area contributed by atoms with Gasteiger partial charge in [-0.3, -0.25) is 4.90 Å². The standard InChI is InChI=1S/C22H30N2O4S/c1-17-14-21(15-18(2)22(17)28-4)29(25,26)24-11-5-10-23(12-13-24)16-19-6-8-20(27-3)9-7-19/h6-9,14-15H,5,10-13,16H2,1-4H3. The van der Waals surface area contributed by atoms with E-state index < -0.39 is 10.0 Å². The highest BCUT2D eigenvalue weighted by atomic mass is 32.2. The molecule has 0 aromatic heterocycles. The molecule has 0 spiro atoms. The summed E-state index contributed by atoms with van der Waals surface area (Å²) in [5.74, 6) is 1.58. The van der Waals surface area contributed by atoms with Crippen molar-refractivity contribution in [1.82, 2.24) is 9.21 Å². The molecule has 2 aromatic carbocycles. The van der Waals surface area contributed by atoms with Gasteiger partial charge in [0, 0.05) is 26.2 Å². The highest BCUT2D eigenvalue weighted by Gasteiger charge is 2.28. The van der Waals surface area contributed by atoms with Gasteiger partial charge in [0.25, 0.3) is 0 Å². The van der Waals surface area contributed by atoms with Gasteiger partial charge in [-0.1, -0.05) is 12.1 Å². The summed E-state index contributed by atoms with van der Waals surface area (Å²) in [6.45, 7) is 7.17. The molecule has 29 heavy (non-hydrogen) atoms. The molecule has 1 aliphatic heterocycles. The third-order valence-electron chi connectivity index (χ3n) is 5.39. The highest BCUT2D eigenvalue weighted by molar-refractivity contribution is 7.89. The van der Waals surface area contributed by atoms with Gasteiger partial charge in [-0.2, -0.15) is 4.31 Å². The summed E-state index contributed by atoms with van der Waals surface area (Å²) in [5, 5.41) is 0. The lowest BCUT2D eigenvalue weighted by atomic mass is 10.1. The summed E-state index contributed by atoms with van der Waals surface area (Å²) in [5.41, 5.74) is 2.87. The average Bonchev–Trinajstić information content (AvgIpc) is 2.94. The molecule has 1 aliphatic rings. The van der Waals surface area contributed by atoms with Crippen molar-refractivity contribution in [2.45, 2.75) is 31.7 Å². The first-order valence-corrected chi connectivity index (χ1v) is 11.3. The first-order chi connectivity index (χ1) is 13.8. The summed E-state index contributed by atoms with van der Waals surface area (Å²) in [4.78, 5) is 2.65. The number of rotatable bonds is 6. The quantitative estimate of drug-likeness (QED) is 0.721. The van der Waals surface area contributed by atoms with Crippen molar-refractivity contribution in [3.63, 3.8) is 0 Å². The van der Waals surface area contributed by atoms with Crippen molar-refractivity contribution < 1.29 is 17.9 Å². The zero-order chi connectivity index (χ0) is 21.0. The van der Waals surface area contributed by atoms with Gasteiger partial charge in [-0.05, 0) is 67.8 Å². The van der Waals surface area contributed by atoms with Crippen molar-refractivity contribution in [2.24, 2.45) is 0 Å². The second-order valence-electron chi connectivity index (χ2n) is 7.47. The van der Waals surface area contributed by atoms with Crippen LogP contribution in [0.25, 0.3) is 0 Å². The summed E-state index contributed by atoms with van der Waals surface area (Å²) in [6.07, 6.45) is 0.809. The molecule has 1 heterocycles. The van der Waals surface area contributed by atoms with E-state index in [2.05, 4.69) is 17.0 Å². The fourth-order valence-corrected chi connectivity index (χ4v) is 5.51. The topological polar surface area (TPSA) is 59.1 Å². The lowest BCUT2D eigenvalue weighted by Gasteiger charge is -2.22. The minimum atomic E-state index is -3.53. The van der Waals surface area contributed by atoms with Crippen molar-refractivity contribution >= 4 is 10.0 Å². The number of hydrogen-bond acceptors (Lipinski definition) is 5. The summed E-state index contributed by atoms with van der Waals surface area (Å²) >= 11 is 0. The Bertz CT molecular complexity index is 919. The molecule has 1 saturated heterocycles. The highest BCUT2D eigenvalue weighted by Crippen LogP contribution is 2.28. The fourth-order valence-electron chi connectivity index (χ4n) is 3.87. The van der Waals surface area contributed by atoms with E-state index in [0.717, 1.165) is 42.1 Å². The van der Waals surface area contributed by atoms with Gasteiger partial charge in [-0.15, -0.1) is 0 Å². The molecule has 6 nitrogen and oxygen atoms in total. The van der Waals surface area contributed by atoms with Crippen molar-refractivity contribution in [3.05, 3.63) is 53.1 Å².